The lowest BCUT2D eigenvalue weighted by molar-refractivity contribution is -0.232. The van der Waals surface area contributed by atoms with Crippen LogP contribution in [0.2, 0.25) is 0 Å². The lowest BCUT2D eigenvalue weighted by Crippen LogP contribution is -2.31. The lowest BCUT2D eigenvalue weighted by Gasteiger charge is -2.14. The first-order valence-corrected chi connectivity index (χ1v) is 2.88. The zero-order valence-corrected chi connectivity index (χ0v) is 5.55. The fourth-order valence-corrected chi connectivity index (χ4v) is 0.559. The van der Waals surface area contributed by atoms with Crippen molar-refractivity contribution < 1.29 is 23.0 Å². The van der Waals surface area contributed by atoms with E-state index in [2.05, 4.69) is 0 Å². The lowest BCUT2D eigenvalue weighted by atomic mass is 10.2. The maximum atomic E-state index is 11.6. The van der Waals surface area contributed by atoms with Crippen LogP contribution in [0.4, 0.5) is 17.9 Å². The first kappa shape index (κ1) is 10.6. The third-order valence-corrected chi connectivity index (χ3v) is 1.09. The van der Waals surface area contributed by atoms with Crippen molar-refractivity contribution in [3.8, 4) is 0 Å². The Balaban J connectivity index is 3.69. The molecule has 3 nitrogen and oxygen atoms in total. The summed E-state index contributed by atoms with van der Waals surface area (Å²) in [5.41, 5.74) is 0. The summed E-state index contributed by atoms with van der Waals surface area (Å²) in [6, 6.07) is -1.62. The molecule has 0 amide bonds. The zero-order chi connectivity index (χ0) is 8.85. The van der Waals surface area contributed by atoms with E-state index in [1.807, 2.05) is 0 Å². The minimum Gasteiger partial charge on any atom is -0.396 e. The van der Waals surface area contributed by atoms with E-state index in [1.165, 1.54) is 0 Å². The number of hydrogen-bond donors (Lipinski definition) is 1. The van der Waals surface area contributed by atoms with Crippen LogP contribution in [0.25, 0.3) is 0 Å². The Morgan fingerprint density at radius 2 is 1.73 bits per heavy atom. The number of hydrogen-bond acceptors (Lipinski definition) is 3. The molecule has 0 aliphatic carbocycles. The third-order valence-electron chi connectivity index (χ3n) is 1.09. The van der Waals surface area contributed by atoms with Gasteiger partial charge >= 0.3 is 0 Å². The fourth-order valence-electron chi connectivity index (χ4n) is 0.559. The van der Waals surface area contributed by atoms with Gasteiger partial charge < -0.3 is 5.11 Å². The SMILES string of the molecule is OCCC(CN(F)F)N(F)F. The van der Waals surface area contributed by atoms with Crippen LogP contribution < -0.4 is 0 Å². The number of halogens is 4. The molecular weight excluding hydrogens is 168 g/mol. The number of aliphatic hydroxyl groups excluding tert-OH is 1. The maximum Gasteiger partial charge on any atom is 0.0932 e. The molecule has 0 spiro atoms. The largest absolute Gasteiger partial charge is 0.396 e. The summed E-state index contributed by atoms with van der Waals surface area (Å²) in [6.45, 7) is -1.61. The quantitative estimate of drug-likeness (QED) is 0.497. The summed E-state index contributed by atoms with van der Waals surface area (Å²) >= 11 is 0. The summed E-state index contributed by atoms with van der Waals surface area (Å²) in [7, 11) is 0. The number of rotatable bonds is 5. The Kier molecular flexibility index (Phi) is 5.08. The van der Waals surface area contributed by atoms with Crippen LogP contribution in [0, 0.1) is 0 Å². The molecule has 0 rings (SSSR count). The summed E-state index contributed by atoms with van der Waals surface area (Å²) in [4.78, 5) is 0. The molecule has 0 aromatic rings. The van der Waals surface area contributed by atoms with Gasteiger partial charge in [0, 0.05) is 17.3 Å². The van der Waals surface area contributed by atoms with Crippen molar-refractivity contribution in [2.24, 2.45) is 0 Å². The Labute approximate surface area is 60.6 Å². The molecular formula is C4H8F4N2O. The van der Waals surface area contributed by atoms with Crippen LogP contribution in [0.5, 0.6) is 0 Å². The zero-order valence-electron chi connectivity index (χ0n) is 5.55. The Hall–Kier alpha value is -0.400. The molecule has 0 saturated carbocycles. The predicted octanol–water partition coefficient (Wildman–Crippen LogP) is 0.879. The van der Waals surface area contributed by atoms with E-state index in [0.717, 1.165) is 0 Å². The molecule has 0 radical (unpaired) electrons. The van der Waals surface area contributed by atoms with Crippen molar-refractivity contribution in [2.75, 3.05) is 13.2 Å². The van der Waals surface area contributed by atoms with Crippen molar-refractivity contribution in [3.05, 3.63) is 0 Å². The Morgan fingerprint density at radius 1 is 1.18 bits per heavy atom. The third kappa shape index (κ3) is 4.93. The second kappa shape index (κ2) is 5.28. The number of aliphatic hydroxyl groups is 1. The molecule has 1 N–H and O–H groups in total. The Morgan fingerprint density at radius 3 is 2.00 bits per heavy atom. The van der Waals surface area contributed by atoms with E-state index in [4.69, 9.17) is 5.11 Å². The van der Waals surface area contributed by atoms with Gasteiger partial charge in [-0.15, -0.1) is 17.9 Å². The molecule has 0 aromatic carbocycles. The molecule has 0 saturated heterocycles. The van der Waals surface area contributed by atoms with Gasteiger partial charge in [0.1, 0.15) is 0 Å². The van der Waals surface area contributed by atoms with E-state index < -0.39 is 29.9 Å². The predicted molar refractivity (Wildman–Crippen MR) is 28.5 cm³/mol. The van der Waals surface area contributed by atoms with Crippen LogP contribution in [-0.4, -0.2) is 35.0 Å². The fraction of sp³-hybridized carbons (Fsp3) is 1.00. The van der Waals surface area contributed by atoms with E-state index in [1.54, 1.807) is 0 Å². The molecule has 0 aliphatic rings. The second-order valence-electron chi connectivity index (χ2n) is 1.91. The van der Waals surface area contributed by atoms with Crippen molar-refractivity contribution >= 4 is 0 Å². The van der Waals surface area contributed by atoms with Crippen LogP contribution in [-0.2, 0) is 0 Å². The highest BCUT2D eigenvalue weighted by Gasteiger charge is 2.21. The van der Waals surface area contributed by atoms with Gasteiger partial charge in [0.05, 0.1) is 12.6 Å². The van der Waals surface area contributed by atoms with Crippen LogP contribution in [0.15, 0.2) is 0 Å². The van der Waals surface area contributed by atoms with Gasteiger partial charge in [-0.3, -0.25) is 0 Å². The first-order chi connectivity index (χ1) is 5.07. The molecule has 11 heavy (non-hydrogen) atoms. The van der Waals surface area contributed by atoms with Gasteiger partial charge in [-0.1, -0.05) is 0 Å². The summed E-state index contributed by atoms with van der Waals surface area (Å²) < 4.78 is 45.9. The van der Waals surface area contributed by atoms with Crippen molar-refractivity contribution in [3.63, 3.8) is 0 Å². The molecule has 7 heteroatoms. The topological polar surface area (TPSA) is 26.7 Å². The molecule has 0 aromatic heterocycles. The van der Waals surface area contributed by atoms with E-state index in [9.17, 15) is 17.9 Å². The first-order valence-electron chi connectivity index (χ1n) is 2.88. The van der Waals surface area contributed by atoms with Gasteiger partial charge in [-0.05, 0) is 6.42 Å². The van der Waals surface area contributed by atoms with Gasteiger partial charge in [0.15, 0.2) is 0 Å². The second-order valence-corrected chi connectivity index (χ2v) is 1.91. The van der Waals surface area contributed by atoms with E-state index >= 15 is 0 Å². The van der Waals surface area contributed by atoms with Gasteiger partial charge in [0.2, 0.25) is 0 Å². The summed E-state index contributed by atoms with van der Waals surface area (Å²) in [6.07, 6.45) is -0.378. The van der Waals surface area contributed by atoms with E-state index in [-0.39, 0.29) is 6.42 Å². The van der Waals surface area contributed by atoms with Crippen LogP contribution in [0.1, 0.15) is 6.42 Å². The molecule has 1 atom stereocenters. The van der Waals surface area contributed by atoms with Crippen LogP contribution >= 0.6 is 0 Å². The minimum atomic E-state index is -1.62. The average Bonchev–Trinajstić information content (AvgIpc) is 1.86. The highest BCUT2D eigenvalue weighted by Crippen LogP contribution is 2.08. The van der Waals surface area contributed by atoms with Gasteiger partial charge in [0.25, 0.3) is 0 Å². The smallest absolute Gasteiger partial charge is 0.0932 e. The standard InChI is InChI=1S/C4H8F4N2O/c5-9(6)3-4(1-2-11)10(7)8/h4,11H,1-3H2. The molecule has 0 bridgehead atoms. The molecule has 0 heterocycles. The molecule has 0 aliphatic heterocycles. The highest BCUT2D eigenvalue weighted by atomic mass is 19.4. The van der Waals surface area contributed by atoms with Crippen molar-refractivity contribution in [1.82, 2.24) is 10.7 Å². The number of nitrogens with zero attached hydrogens (tertiary/aromatic N) is 2. The monoisotopic (exact) mass is 176 g/mol. The summed E-state index contributed by atoms with van der Waals surface area (Å²) in [5.74, 6) is 0. The minimum absolute atomic E-state index is 0.378. The van der Waals surface area contributed by atoms with Crippen LogP contribution in [0.3, 0.4) is 0 Å². The molecule has 68 valence electrons. The summed E-state index contributed by atoms with van der Waals surface area (Å²) in [5, 5.41) is 5.50. The van der Waals surface area contributed by atoms with Crippen molar-refractivity contribution in [1.29, 1.82) is 0 Å². The molecule has 1 unspecified atom stereocenters. The normalized spacial score (nSPS) is 14.5. The van der Waals surface area contributed by atoms with E-state index in [0.29, 0.717) is 0 Å². The maximum absolute atomic E-state index is 11.6. The highest BCUT2D eigenvalue weighted by molar-refractivity contribution is 4.60. The van der Waals surface area contributed by atoms with Gasteiger partial charge in [-0.25, -0.2) is 0 Å². The van der Waals surface area contributed by atoms with Crippen molar-refractivity contribution in [2.45, 2.75) is 12.5 Å². The molecule has 0 fully saturated rings. The Bertz CT molecular complexity index is 102. The average molecular weight is 176 g/mol. The van der Waals surface area contributed by atoms with Gasteiger partial charge in [-0.2, -0.15) is 0 Å².